The maximum Gasteiger partial charge on any atom is 0.242 e. The van der Waals surface area contributed by atoms with E-state index in [4.69, 9.17) is 9.47 Å². The SMILES string of the molecule is CCCCCCC(=O)N(CCCOCC)CC(=O)N(Cc1ccccc1)Cc1cccn1Cc1cccc(OC)c1. The fourth-order valence-electron chi connectivity index (χ4n) is 4.86. The number of unbranched alkanes of at least 4 members (excludes halogenated alkanes) is 3. The zero-order chi connectivity index (χ0) is 29.3. The van der Waals surface area contributed by atoms with E-state index in [0.717, 1.165) is 48.3 Å². The second-order valence-electron chi connectivity index (χ2n) is 10.4. The smallest absolute Gasteiger partial charge is 0.242 e. The van der Waals surface area contributed by atoms with Gasteiger partial charge in [0.25, 0.3) is 0 Å². The lowest BCUT2D eigenvalue weighted by Crippen LogP contribution is -2.43. The topological polar surface area (TPSA) is 64.0 Å². The van der Waals surface area contributed by atoms with E-state index in [0.29, 0.717) is 52.2 Å². The molecule has 0 bridgehead atoms. The Morgan fingerprint density at radius 1 is 0.805 bits per heavy atom. The lowest BCUT2D eigenvalue weighted by Gasteiger charge is -2.28. The summed E-state index contributed by atoms with van der Waals surface area (Å²) in [6.45, 7) is 7.53. The van der Waals surface area contributed by atoms with Gasteiger partial charge in [-0.2, -0.15) is 0 Å². The quantitative estimate of drug-likeness (QED) is 0.161. The Labute approximate surface area is 246 Å². The summed E-state index contributed by atoms with van der Waals surface area (Å²) in [7, 11) is 1.67. The van der Waals surface area contributed by atoms with Gasteiger partial charge in [-0.15, -0.1) is 0 Å². The lowest BCUT2D eigenvalue weighted by molar-refractivity contribution is -0.141. The third-order valence-corrected chi connectivity index (χ3v) is 7.18. The summed E-state index contributed by atoms with van der Waals surface area (Å²) in [4.78, 5) is 30.7. The molecule has 2 aromatic carbocycles. The van der Waals surface area contributed by atoms with Crippen molar-refractivity contribution in [2.24, 2.45) is 0 Å². The highest BCUT2D eigenvalue weighted by atomic mass is 16.5. The molecule has 0 spiro atoms. The zero-order valence-corrected chi connectivity index (χ0v) is 25.1. The molecule has 7 nitrogen and oxygen atoms in total. The number of ether oxygens (including phenoxy) is 2. The number of rotatable bonds is 19. The van der Waals surface area contributed by atoms with Crippen LogP contribution in [0.5, 0.6) is 5.75 Å². The Balaban J connectivity index is 1.76. The summed E-state index contributed by atoms with van der Waals surface area (Å²) in [5.41, 5.74) is 3.21. The number of aromatic nitrogens is 1. The van der Waals surface area contributed by atoms with Crippen LogP contribution in [0.25, 0.3) is 0 Å². The van der Waals surface area contributed by atoms with Gasteiger partial charge >= 0.3 is 0 Å². The second kappa shape index (κ2) is 18.0. The number of carbonyl (C=O) groups is 2. The van der Waals surface area contributed by atoms with Gasteiger partial charge in [-0.05, 0) is 55.2 Å². The van der Waals surface area contributed by atoms with Crippen molar-refractivity contribution < 1.29 is 19.1 Å². The van der Waals surface area contributed by atoms with Crippen molar-refractivity contribution >= 4 is 11.8 Å². The van der Waals surface area contributed by atoms with Gasteiger partial charge in [0, 0.05) is 51.2 Å². The first-order valence-electron chi connectivity index (χ1n) is 15.0. The molecule has 1 aromatic heterocycles. The Kier molecular flexibility index (Phi) is 14.0. The first-order chi connectivity index (χ1) is 20.0. The average Bonchev–Trinajstić information content (AvgIpc) is 3.43. The van der Waals surface area contributed by atoms with Gasteiger partial charge in [-0.25, -0.2) is 0 Å². The predicted octanol–water partition coefficient (Wildman–Crippen LogP) is 6.30. The maximum absolute atomic E-state index is 13.9. The Morgan fingerprint density at radius 2 is 1.61 bits per heavy atom. The zero-order valence-electron chi connectivity index (χ0n) is 25.1. The minimum atomic E-state index is -0.0544. The summed E-state index contributed by atoms with van der Waals surface area (Å²) in [6, 6.07) is 22.1. The van der Waals surface area contributed by atoms with Crippen molar-refractivity contribution in [2.75, 3.05) is 33.4 Å². The summed E-state index contributed by atoms with van der Waals surface area (Å²) in [5, 5.41) is 0. The molecule has 3 aromatic rings. The van der Waals surface area contributed by atoms with E-state index in [1.807, 2.05) is 72.6 Å². The van der Waals surface area contributed by atoms with Crippen molar-refractivity contribution in [3.8, 4) is 5.75 Å². The largest absolute Gasteiger partial charge is 0.497 e. The van der Waals surface area contributed by atoms with E-state index in [1.54, 1.807) is 12.0 Å². The van der Waals surface area contributed by atoms with Crippen LogP contribution in [-0.2, 0) is 34.0 Å². The molecule has 0 aliphatic carbocycles. The minimum absolute atomic E-state index is 0.0482. The molecule has 7 heteroatoms. The molecule has 1 heterocycles. The summed E-state index contributed by atoms with van der Waals surface area (Å²) < 4.78 is 13.1. The van der Waals surface area contributed by atoms with Crippen molar-refractivity contribution in [3.63, 3.8) is 0 Å². The average molecular weight is 562 g/mol. The van der Waals surface area contributed by atoms with Crippen LogP contribution in [0.15, 0.2) is 72.9 Å². The molecule has 0 aliphatic heterocycles. The first kappa shape index (κ1) is 31.9. The Hall–Kier alpha value is -3.58. The fraction of sp³-hybridized carbons (Fsp3) is 0.471. The molecule has 41 heavy (non-hydrogen) atoms. The molecular formula is C34H47N3O4. The van der Waals surface area contributed by atoms with Crippen LogP contribution < -0.4 is 4.74 Å². The number of benzene rings is 2. The van der Waals surface area contributed by atoms with Gasteiger partial charge in [0.2, 0.25) is 11.8 Å². The molecule has 222 valence electrons. The van der Waals surface area contributed by atoms with Gasteiger partial charge in [0.15, 0.2) is 0 Å². The molecule has 0 saturated carbocycles. The fourth-order valence-corrected chi connectivity index (χ4v) is 4.86. The molecule has 2 amide bonds. The van der Waals surface area contributed by atoms with Crippen LogP contribution in [0.4, 0.5) is 0 Å². The molecule has 0 atom stereocenters. The van der Waals surface area contributed by atoms with Crippen LogP contribution in [0, 0.1) is 0 Å². The molecule has 0 aliphatic rings. The number of methoxy groups -OCH3 is 1. The molecule has 0 radical (unpaired) electrons. The normalized spacial score (nSPS) is 10.9. The third kappa shape index (κ3) is 11.1. The monoisotopic (exact) mass is 561 g/mol. The van der Waals surface area contributed by atoms with E-state index in [9.17, 15) is 9.59 Å². The first-order valence-corrected chi connectivity index (χ1v) is 15.0. The van der Waals surface area contributed by atoms with E-state index in [-0.39, 0.29) is 18.4 Å². The van der Waals surface area contributed by atoms with Crippen LogP contribution in [0.2, 0.25) is 0 Å². The third-order valence-electron chi connectivity index (χ3n) is 7.18. The van der Waals surface area contributed by atoms with Gasteiger partial charge in [-0.3, -0.25) is 9.59 Å². The van der Waals surface area contributed by atoms with Crippen LogP contribution >= 0.6 is 0 Å². The maximum atomic E-state index is 13.9. The summed E-state index contributed by atoms with van der Waals surface area (Å²) >= 11 is 0. The van der Waals surface area contributed by atoms with Gasteiger partial charge in [0.1, 0.15) is 5.75 Å². The number of amides is 2. The standard InChI is InChI=1S/C34H47N3O4/c1-4-6-7-11-20-33(38)36(22-14-23-41-5-2)28-34(39)37(25-29-15-9-8-10-16-29)27-31-18-13-21-35(31)26-30-17-12-19-32(24-30)40-3/h8-10,12-13,15-19,21,24H,4-7,11,14,20,22-23,25-28H2,1-3H3. The lowest BCUT2D eigenvalue weighted by atomic mass is 10.1. The predicted molar refractivity (Wildman–Crippen MR) is 164 cm³/mol. The number of hydrogen-bond acceptors (Lipinski definition) is 4. The van der Waals surface area contributed by atoms with E-state index in [1.165, 1.54) is 0 Å². The summed E-state index contributed by atoms with van der Waals surface area (Å²) in [6.07, 6.45) is 7.37. The highest BCUT2D eigenvalue weighted by Crippen LogP contribution is 2.17. The highest BCUT2D eigenvalue weighted by Gasteiger charge is 2.22. The van der Waals surface area contributed by atoms with Gasteiger partial charge in [-0.1, -0.05) is 68.7 Å². The highest BCUT2D eigenvalue weighted by molar-refractivity contribution is 5.84. The van der Waals surface area contributed by atoms with Crippen molar-refractivity contribution in [1.29, 1.82) is 0 Å². The summed E-state index contributed by atoms with van der Waals surface area (Å²) in [5.74, 6) is 0.814. The van der Waals surface area contributed by atoms with E-state index in [2.05, 4.69) is 23.6 Å². The van der Waals surface area contributed by atoms with Crippen molar-refractivity contribution in [1.82, 2.24) is 14.4 Å². The van der Waals surface area contributed by atoms with Crippen molar-refractivity contribution in [3.05, 3.63) is 89.7 Å². The second-order valence-corrected chi connectivity index (χ2v) is 10.4. The molecule has 0 N–H and O–H groups in total. The molecule has 0 unspecified atom stereocenters. The van der Waals surface area contributed by atoms with Crippen molar-refractivity contribution in [2.45, 2.75) is 72.0 Å². The van der Waals surface area contributed by atoms with E-state index >= 15 is 0 Å². The Bertz CT molecular complexity index is 1180. The molecule has 0 fully saturated rings. The van der Waals surface area contributed by atoms with Crippen LogP contribution in [-0.4, -0.2) is 59.6 Å². The Morgan fingerprint density at radius 3 is 2.37 bits per heavy atom. The van der Waals surface area contributed by atoms with Crippen LogP contribution in [0.3, 0.4) is 0 Å². The van der Waals surface area contributed by atoms with Gasteiger partial charge < -0.3 is 23.8 Å². The van der Waals surface area contributed by atoms with Gasteiger partial charge in [0.05, 0.1) is 20.2 Å². The number of nitrogens with zero attached hydrogens (tertiary/aromatic N) is 3. The van der Waals surface area contributed by atoms with E-state index < -0.39 is 0 Å². The number of hydrogen-bond donors (Lipinski definition) is 0. The van der Waals surface area contributed by atoms with Crippen LogP contribution in [0.1, 0.15) is 69.2 Å². The molecule has 0 saturated heterocycles. The molecular weight excluding hydrogens is 514 g/mol. The number of carbonyl (C=O) groups excluding carboxylic acids is 2. The molecule has 3 rings (SSSR count). The minimum Gasteiger partial charge on any atom is -0.497 e.